The summed E-state index contributed by atoms with van der Waals surface area (Å²) in [7, 11) is 0. The molecular formula is C8H12N2S. The van der Waals surface area contributed by atoms with Gasteiger partial charge < -0.3 is 5.73 Å². The van der Waals surface area contributed by atoms with Gasteiger partial charge in [-0.2, -0.15) is 0 Å². The van der Waals surface area contributed by atoms with Crippen molar-refractivity contribution in [3.05, 3.63) is 16.6 Å². The summed E-state index contributed by atoms with van der Waals surface area (Å²) in [6, 6.07) is 0. The van der Waals surface area contributed by atoms with E-state index in [1.54, 1.807) is 11.3 Å². The average molecular weight is 168 g/mol. The number of nitrogens with two attached hydrogens (primary N) is 1. The van der Waals surface area contributed by atoms with Crippen molar-refractivity contribution >= 4 is 11.3 Å². The second-order valence-electron chi connectivity index (χ2n) is 3.21. The van der Waals surface area contributed by atoms with Crippen molar-refractivity contribution in [2.24, 2.45) is 5.73 Å². The molecule has 1 aliphatic rings. The second kappa shape index (κ2) is 2.57. The zero-order chi connectivity index (χ0) is 7.73. The summed E-state index contributed by atoms with van der Waals surface area (Å²) in [5.41, 5.74) is 9.10. The lowest BCUT2D eigenvalue weighted by Gasteiger charge is -2.39. The quantitative estimate of drug-likeness (QED) is 0.727. The van der Waals surface area contributed by atoms with Gasteiger partial charge in [0.15, 0.2) is 0 Å². The van der Waals surface area contributed by atoms with Crippen LogP contribution in [0, 0.1) is 0 Å². The van der Waals surface area contributed by atoms with Crippen molar-refractivity contribution in [2.75, 3.05) is 6.54 Å². The number of nitrogens with zero attached hydrogens (tertiary/aromatic N) is 1. The molecule has 0 aliphatic heterocycles. The summed E-state index contributed by atoms with van der Waals surface area (Å²) in [6.07, 6.45) is 3.77. The summed E-state index contributed by atoms with van der Waals surface area (Å²) in [5.74, 6) is 0. The number of hydrogen-bond acceptors (Lipinski definition) is 3. The van der Waals surface area contributed by atoms with Crippen LogP contribution in [0.25, 0.3) is 0 Å². The first kappa shape index (κ1) is 7.25. The first-order valence-electron chi connectivity index (χ1n) is 3.96. The Morgan fingerprint density at radius 3 is 2.82 bits per heavy atom. The van der Waals surface area contributed by atoms with E-state index in [-0.39, 0.29) is 5.41 Å². The van der Waals surface area contributed by atoms with Crippen LogP contribution in [0.5, 0.6) is 0 Å². The van der Waals surface area contributed by atoms with E-state index in [1.165, 1.54) is 25.0 Å². The van der Waals surface area contributed by atoms with Crippen LogP contribution in [0.3, 0.4) is 0 Å². The van der Waals surface area contributed by atoms with E-state index < -0.39 is 0 Å². The van der Waals surface area contributed by atoms with Crippen LogP contribution in [-0.2, 0) is 5.41 Å². The van der Waals surface area contributed by atoms with Gasteiger partial charge in [-0.3, -0.25) is 0 Å². The van der Waals surface area contributed by atoms with Gasteiger partial charge in [0.2, 0.25) is 0 Å². The fourth-order valence-corrected chi connectivity index (χ4v) is 2.32. The molecule has 1 fully saturated rings. The van der Waals surface area contributed by atoms with Crippen LogP contribution < -0.4 is 5.73 Å². The number of thiazole rings is 1. The summed E-state index contributed by atoms with van der Waals surface area (Å²) in [5, 5.41) is 2.13. The summed E-state index contributed by atoms with van der Waals surface area (Å²) < 4.78 is 0. The molecule has 0 saturated heterocycles. The molecule has 0 unspecified atom stereocenters. The van der Waals surface area contributed by atoms with E-state index in [9.17, 15) is 0 Å². The third-order valence-corrected chi connectivity index (χ3v) is 3.26. The van der Waals surface area contributed by atoms with Gasteiger partial charge in [0.1, 0.15) is 0 Å². The Hall–Kier alpha value is -0.410. The molecule has 3 heteroatoms. The van der Waals surface area contributed by atoms with E-state index in [2.05, 4.69) is 10.4 Å². The van der Waals surface area contributed by atoms with Crippen LogP contribution >= 0.6 is 11.3 Å². The maximum Gasteiger partial charge on any atom is 0.0794 e. The molecule has 0 amide bonds. The lowest BCUT2D eigenvalue weighted by molar-refractivity contribution is 0.247. The number of rotatable bonds is 2. The fourth-order valence-electron chi connectivity index (χ4n) is 1.64. The highest BCUT2D eigenvalue weighted by atomic mass is 32.1. The van der Waals surface area contributed by atoms with Crippen molar-refractivity contribution in [1.82, 2.24) is 4.98 Å². The minimum absolute atomic E-state index is 0.264. The fraction of sp³-hybridized carbons (Fsp3) is 0.625. The summed E-state index contributed by atoms with van der Waals surface area (Å²) in [4.78, 5) is 4.32. The lowest BCUT2D eigenvalue weighted by Crippen LogP contribution is -2.41. The standard InChI is InChI=1S/C8H12N2S/c9-5-8(2-1-3-8)7-4-11-6-10-7/h4,6H,1-3,5,9H2. The van der Waals surface area contributed by atoms with E-state index in [0.717, 1.165) is 6.54 Å². The molecule has 1 aromatic rings. The van der Waals surface area contributed by atoms with Crippen molar-refractivity contribution in [1.29, 1.82) is 0 Å². The van der Waals surface area contributed by atoms with Crippen LogP contribution in [-0.4, -0.2) is 11.5 Å². The molecule has 1 aromatic heterocycles. The van der Waals surface area contributed by atoms with Crippen molar-refractivity contribution in [3.63, 3.8) is 0 Å². The predicted molar refractivity (Wildman–Crippen MR) is 46.7 cm³/mol. The monoisotopic (exact) mass is 168 g/mol. The first-order valence-corrected chi connectivity index (χ1v) is 4.90. The van der Waals surface area contributed by atoms with E-state index in [0.29, 0.717) is 0 Å². The zero-order valence-corrected chi connectivity index (χ0v) is 7.23. The van der Waals surface area contributed by atoms with E-state index in [4.69, 9.17) is 5.73 Å². The third-order valence-electron chi connectivity index (χ3n) is 2.68. The molecule has 11 heavy (non-hydrogen) atoms. The predicted octanol–water partition coefficient (Wildman–Crippen LogP) is 1.52. The van der Waals surface area contributed by atoms with Crippen LogP contribution in [0.1, 0.15) is 25.0 Å². The highest BCUT2D eigenvalue weighted by molar-refractivity contribution is 7.07. The lowest BCUT2D eigenvalue weighted by atomic mass is 9.67. The molecular weight excluding hydrogens is 156 g/mol. The van der Waals surface area contributed by atoms with Gasteiger partial charge in [-0.1, -0.05) is 6.42 Å². The molecule has 2 N–H and O–H groups in total. The largest absolute Gasteiger partial charge is 0.330 e. The highest BCUT2D eigenvalue weighted by Crippen LogP contribution is 2.42. The maximum absolute atomic E-state index is 5.72. The van der Waals surface area contributed by atoms with E-state index >= 15 is 0 Å². The maximum atomic E-state index is 5.72. The Labute approximate surface area is 70.5 Å². The highest BCUT2D eigenvalue weighted by Gasteiger charge is 2.38. The molecule has 1 saturated carbocycles. The second-order valence-corrected chi connectivity index (χ2v) is 3.93. The molecule has 0 aromatic carbocycles. The molecule has 1 heterocycles. The molecule has 2 rings (SSSR count). The molecule has 0 radical (unpaired) electrons. The topological polar surface area (TPSA) is 38.9 Å². The Morgan fingerprint density at radius 2 is 2.45 bits per heavy atom. The van der Waals surface area contributed by atoms with Crippen LogP contribution in [0.4, 0.5) is 0 Å². The van der Waals surface area contributed by atoms with Crippen molar-refractivity contribution in [2.45, 2.75) is 24.7 Å². The van der Waals surface area contributed by atoms with Gasteiger partial charge in [-0.15, -0.1) is 11.3 Å². The Kier molecular flexibility index (Phi) is 1.69. The molecule has 2 nitrogen and oxygen atoms in total. The molecule has 0 spiro atoms. The van der Waals surface area contributed by atoms with Gasteiger partial charge in [0.05, 0.1) is 11.2 Å². The summed E-state index contributed by atoms with van der Waals surface area (Å²) >= 11 is 1.66. The van der Waals surface area contributed by atoms with Gasteiger partial charge in [-0.25, -0.2) is 4.98 Å². The first-order chi connectivity index (χ1) is 5.37. The minimum atomic E-state index is 0.264. The smallest absolute Gasteiger partial charge is 0.0794 e. The van der Waals surface area contributed by atoms with Gasteiger partial charge in [0, 0.05) is 17.3 Å². The zero-order valence-electron chi connectivity index (χ0n) is 6.42. The molecule has 0 atom stereocenters. The molecule has 1 aliphatic carbocycles. The Morgan fingerprint density at radius 1 is 1.64 bits per heavy atom. The van der Waals surface area contributed by atoms with Crippen molar-refractivity contribution in [3.8, 4) is 0 Å². The third kappa shape index (κ3) is 0.993. The van der Waals surface area contributed by atoms with Crippen molar-refractivity contribution < 1.29 is 0 Å². The van der Waals surface area contributed by atoms with Gasteiger partial charge in [-0.05, 0) is 12.8 Å². The van der Waals surface area contributed by atoms with Crippen LogP contribution in [0.2, 0.25) is 0 Å². The summed E-state index contributed by atoms with van der Waals surface area (Å²) in [6.45, 7) is 0.761. The Balaban J connectivity index is 2.25. The van der Waals surface area contributed by atoms with Gasteiger partial charge in [0.25, 0.3) is 0 Å². The van der Waals surface area contributed by atoms with Gasteiger partial charge >= 0.3 is 0 Å². The number of hydrogen-bond donors (Lipinski definition) is 1. The minimum Gasteiger partial charge on any atom is -0.330 e. The average Bonchev–Trinajstić information content (AvgIpc) is 2.39. The Bertz CT molecular complexity index is 221. The molecule has 60 valence electrons. The van der Waals surface area contributed by atoms with Crippen LogP contribution in [0.15, 0.2) is 10.9 Å². The number of aromatic nitrogens is 1. The SMILES string of the molecule is NCC1(c2cscn2)CCC1. The normalized spacial score (nSPS) is 21.2. The van der Waals surface area contributed by atoms with E-state index in [1.807, 2.05) is 5.51 Å². The molecule has 0 bridgehead atoms.